The number of hydrogen-bond donors (Lipinski definition) is 2. The van der Waals surface area contributed by atoms with Crippen molar-refractivity contribution in [3.63, 3.8) is 0 Å². The Labute approximate surface area is 136 Å². The fraction of sp³-hybridized carbons (Fsp3) is 0.471. The largest absolute Gasteiger partial charge is 0.354 e. The number of hydrogen-bond acceptors (Lipinski definition) is 3. The summed E-state index contributed by atoms with van der Waals surface area (Å²) in [6.07, 6.45) is 0.715. The van der Waals surface area contributed by atoms with Crippen molar-refractivity contribution in [3.05, 3.63) is 35.4 Å². The zero-order valence-electron chi connectivity index (χ0n) is 13.8. The van der Waals surface area contributed by atoms with Gasteiger partial charge in [-0.2, -0.15) is 0 Å². The molecule has 1 aliphatic heterocycles. The summed E-state index contributed by atoms with van der Waals surface area (Å²) in [5, 5.41) is 5.36. The summed E-state index contributed by atoms with van der Waals surface area (Å²) in [7, 11) is 0. The number of rotatable bonds is 6. The predicted octanol–water partition coefficient (Wildman–Crippen LogP) is 1.23. The van der Waals surface area contributed by atoms with E-state index in [0.717, 1.165) is 4.90 Å². The van der Waals surface area contributed by atoms with Crippen LogP contribution in [0, 0.1) is 12.8 Å². The van der Waals surface area contributed by atoms with E-state index in [1.807, 2.05) is 45.0 Å². The van der Waals surface area contributed by atoms with E-state index in [2.05, 4.69) is 10.6 Å². The lowest BCUT2D eigenvalue weighted by molar-refractivity contribution is -0.132. The second-order valence-electron chi connectivity index (χ2n) is 6.12. The molecule has 1 fully saturated rings. The Balaban J connectivity index is 1.82. The molecule has 0 bridgehead atoms. The van der Waals surface area contributed by atoms with Gasteiger partial charge in [0.1, 0.15) is 12.6 Å². The van der Waals surface area contributed by atoms with Crippen molar-refractivity contribution >= 4 is 17.8 Å². The Morgan fingerprint density at radius 1 is 1.30 bits per heavy atom. The monoisotopic (exact) mass is 317 g/mol. The molecule has 1 aromatic carbocycles. The molecule has 2 N–H and O–H groups in total. The highest BCUT2D eigenvalue weighted by atomic mass is 16.2. The van der Waals surface area contributed by atoms with Gasteiger partial charge < -0.3 is 10.6 Å². The van der Waals surface area contributed by atoms with Crippen molar-refractivity contribution in [1.29, 1.82) is 0 Å². The standard InChI is InChI=1S/C17H23N3O3/c1-11(2)15-16(22)20(17(23)19-15)10-14(21)18-9-8-13-7-5-4-6-12(13)3/h4-7,11,15H,8-10H2,1-3H3,(H,18,21)(H,19,23). The van der Waals surface area contributed by atoms with Crippen molar-refractivity contribution in [1.82, 2.24) is 15.5 Å². The van der Waals surface area contributed by atoms with E-state index in [9.17, 15) is 14.4 Å². The van der Waals surface area contributed by atoms with Gasteiger partial charge in [-0.3, -0.25) is 14.5 Å². The molecular formula is C17H23N3O3. The van der Waals surface area contributed by atoms with E-state index >= 15 is 0 Å². The summed E-state index contributed by atoms with van der Waals surface area (Å²) in [6.45, 7) is 5.97. The Morgan fingerprint density at radius 3 is 2.61 bits per heavy atom. The number of urea groups is 1. The van der Waals surface area contributed by atoms with Crippen LogP contribution in [-0.4, -0.2) is 41.9 Å². The average Bonchev–Trinajstić information content (AvgIpc) is 2.77. The van der Waals surface area contributed by atoms with Crippen LogP contribution in [0.4, 0.5) is 4.79 Å². The van der Waals surface area contributed by atoms with Crippen LogP contribution >= 0.6 is 0 Å². The van der Waals surface area contributed by atoms with E-state index in [1.165, 1.54) is 11.1 Å². The van der Waals surface area contributed by atoms with Gasteiger partial charge in [0.15, 0.2) is 0 Å². The molecule has 4 amide bonds. The molecule has 0 spiro atoms. The summed E-state index contributed by atoms with van der Waals surface area (Å²) in [5.74, 6) is -0.661. The molecule has 2 rings (SSSR count). The molecule has 124 valence electrons. The van der Waals surface area contributed by atoms with Gasteiger partial charge in [-0.15, -0.1) is 0 Å². The third kappa shape index (κ3) is 4.09. The minimum atomic E-state index is -0.540. The van der Waals surface area contributed by atoms with Crippen LogP contribution in [0.2, 0.25) is 0 Å². The van der Waals surface area contributed by atoms with Crippen molar-refractivity contribution in [2.24, 2.45) is 5.92 Å². The summed E-state index contributed by atoms with van der Waals surface area (Å²) >= 11 is 0. The van der Waals surface area contributed by atoms with Gasteiger partial charge in [-0.25, -0.2) is 4.79 Å². The van der Waals surface area contributed by atoms with Crippen molar-refractivity contribution < 1.29 is 14.4 Å². The first kappa shape index (κ1) is 17.0. The number of carbonyl (C=O) groups excluding carboxylic acids is 3. The molecule has 6 heteroatoms. The Bertz CT molecular complexity index is 613. The highest BCUT2D eigenvalue weighted by Crippen LogP contribution is 2.13. The van der Waals surface area contributed by atoms with Crippen molar-refractivity contribution in [3.8, 4) is 0 Å². The maximum atomic E-state index is 12.1. The van der Waals surface area contributed by atoms with E-state index < -0.39 is 12.1 Å². The summed E-state index contributed by atoms with van der Waals surface area (Å²) in [6, 6.07) is 6.94. The maximum Gasteiger partial charge on any atom is 0.325 e. The van der Waals surface area contributed by atoms with Crippen LogP contribution < -0.4 is 10.6 Å². The van der Waals surface area contributed by atoms with E-state index in [4.69, 9.17) is 0 Å². The molecule has 1 saturated heterocycles. The minimum Gasteiger partial charge on any atom is -0.354 e. The summed E-state index contributed by atoms with van der Waals surface area (Å²) < 4.78 is 0. The lowest BCUT2D eigenvalue weighted by Crippen LogP contribution is -2.42. The lowest BCUT2D eigenvalue weighted by atomic mass is 10.1. The predicted molar refractivity (Wildman–Crippen MR) is 86.8 cm³/mol. The van der Waals surface area contributed by atoms with Gasteiger partial charge in [-0.05, 0) is 30.4 Å². The van der Waals surface area contributed by atoms with Gasteiger partial charge in [0.2, 0.25) is 5.91 Å². The first-order chi connectivity index (χ1) is 10.9. The van der Waals surface area contributed by atoms with Crippen LogP contribution in [-0.2, 0) is 16.0 Å². The number of aryl methyl sites for hydroxylation is 1. The summed E-state index contributed by atoms with van der Waals surface area (Å²) in [4.78, 5) is 36.8. The fourth-order valence-corrected chi connectivity index (χ4v) is 2.57. The zero-order chi connectivity index (χ0) is 17.0. The third-order valence-corrected chi connectivity index (χ3v) is 4.00. The first-order valence-electron chi connectivity index (χ1n) is 7.83. The molecule has 0 saturated carbocycles. The number of benzene rings is 1. The molecule has 1 unspecified atom stereocenters. The van der Waals surface area contributed by atoms with Crippen LogP contribution in [0.1, 0.15) is 25.0 Å². The van der Waals surface area contributed by atoms with Gasteiger partial charge in [0, 0.05) is 6.54 Å². The normalized spacial score (nSPS) is 17.6. The maximum absolute atomic E-state index is 12.1. The van der Waals surface area contributed by atoms with Gasteiger partial charge in [-0.1, -0.05) is 38.1 Å². The Kier molecular flexibility index (Phi) is 5.36. The molecule has 6 nitrogen and oxygen atoms in total. The highest BCUT2D eigenvalue weighted by Gasteiger charge is 2.40. The lowest BCUT2D eigenvalue weighted by Gasteiger charge is -2.14. The Hall–Kier alpha value is -2.37. The smallest absolute Gasteiger partial charge is 0.325 e. The number of amides is 4. The van der Waals surface area contributed by atoms with Crippen LogP contribution in [0.25, 0.3) is 0 Å². The van der Waals surface area contributed by atoms with E-state index in [0.29, 0.717) is 13.0 Å². The highest BCUT2D eigenvalue weighted by molar-refractivity contribution is 6.06. The van der Waals surface area contributed by atoms with E-state index in [-0.39, 0.29) is 24.3 Å². The van der Waals surface area contributed by atoms with Gasteiger partial charge in [0.25, 0.3) is 5.91 Å². The van der Waals surface area contributed by atoms with Crippen LogP contribution in [0.15, 0.2) is 24.3 Å². The first-order valence-corrected chi connectivity index (χ1v) is 7.83. The van der Waals surface area contributed by atoms with Gasteiger partial charge in [0.05, 0.1) is 0 Å². The average molecular weight is 317 g/mol. The van der Waals surface area contributed by atoms with Crippen molar-refractivity contribution in [2.75, 3.05) is 13.1 Å². The molecular weight excluding hydrogens is 294 g/mol. The zero-order valence-corrected chi connectivity index (χ0v) is 13.8. The minimum absolute atomic E-state index is 0.000525. The SMILES string of the molecule is Cc1ccccc1CCNC(=O)CN1C(=O)NC(C(C)C)C1=O. The molecule has 23 heavy (non-hydrogen) atoms. The molecule has 1 atom stereocenters. The molecule has 0 aromatic heterocycles. The van der Waals surface area contributed by atoms with Crippen LogP contribution in [0.5, 0.6) is 0 Å². The van der Waals surface area contributed by atoms with Crippen LogP contribution in [0.3, 0.4) is 0 Å². The number of nitrogens with one attached hydrogen (secondary N) is 2. The number of nitrogens with zero attached hydrogens (tertiary/aromatic N) is 1. The molecule has 0 radical (unpaired) electrons. The van der Waals surface area contributed by atoms with E-state index in [1.54, 1.807) is 0 Å². The molecule has 0 aliphatic carbocycles. The Morgan fingerprint density at radius 2 is 2.00 bits per heavy atom. The topological polar surface area (TPSA) is 78.5 Å². The second kappa shape index (κ2) is 7.26. The van der Waals surface area contributed by atoms with Gasteiger partial charge >= 0.3 is 6.03 Å². The molecule has 1 heterocycles. The molecule has 1 aliphatic rings. The number of imide groups is 1. The van der Waals surface area contributed by atoms with Crippen molar-refractivity contribution in [2.45, 2.75) is 33.2 Å². The summed E-state index contributed by atoms with van der Waals surface area (Å²) in [5.41, 5.74) is 2.35. The quantitative estimate of drug-likeness (QED) is 0.775. The third-order valence-electron chi connectivity index (χ3n) is 4.00. The second-order valence-corrected chi connectivity index (χ2v) is 6.12. The fourth-order valence-electron chi connectivity index (χ4n) is 2.57. The molecule has 1 aromatic rings. The number of carbonyl (C=O) groups is 3.